The van der Waals surface area contributed by atoms with E-state index < -0.39 is 17.8 Å². The van der Waals surface area contributed by atoms with E-state index in [0.29, 0.717) is 6.20 Å². The van der Waals surface area contributed by atoms with Crippen LogP contribution in [0.5, 0.6) is 0 Å². The number of halogens is 3. The van der Waals surface area contributed by atoms with Gasteiger partial charge < -0.3 is 4.74 Å². The first-order chi connectivity index (χ1) is 9.95. The molecule has 0 spiro atoms. The van der Waals surface area contributed by atoms with Crippen molar-refractivity contribution in [2.24, 2.45) is 0 Å². The minimum atomic E-state index is -4.46. The zero-order valence-corrected chi connectivity index (χ0v) is 10.7. The standard InChI is InChI=1S/C14H11F3N2O2/c15-14(16,17)11-6-7-12(18-8-11)19-13(20)21-9-10-4-2-1-3-5-10/h1-8H,9H2,(H,18,19,20). The SMILES string of the molecule is O=C(Nc1ccc(C(F)(F)F)cn1)OCc1ccccc1. The second-order valence-electron chi connectivity index (χ2n) is 4.12. The van der Waals surface area contributed by atoms with E-state index in [2.05, 4.69) is 10.3 Å². The molecule has 0 unspecified atom stereocenters. The molecule has 2 aromatic rings. The Labute approximate surface area is 118 Å². The van der Waals surface area contributed by atoms with Crippen molar-refractivity contribution >= 4 is 11.9 Å². The number of amides is 1. The minimum absolute atomic E-state index is 0.0129. The van der Waals surface area contributed by atoms with E-state index in [4.69, 9.17) is 4.74 Å². The number of rotatable bonds is 3. The highest BCUT2D eigenvalue weighted by Crippen LogP contribution is 2.28. The van der Waals surface area contributed by atoms with Crippen molar-refractivity contribution in [2.75, 3.05) is 5.32 Å². The summed E-state index contributed by atoms with van der Waals surface area (Å²) < 4.78 is 41.9. The topological polar surface area (TPSA) is 51.2 Å². The molecule has 4 nitrogen and oxygen atoms in total. The van der Waals surface area contributed by atoms with E-state index in [9.17, 15) is 18.0 Å². The van der Waals surface area contributed by atoms with Crippen LogP contribution in [-0.4, -0.2) is 11.1 Å². The van der Waals surface area contributed by atoms with Gasteiger partial charge in [-0.3, -0.25) is 5.32 Å². The van der Waals surface area contributed by atoms with E-state index in [-0.39, 0.29) is 12.4 Å². The van der Waals surface area contributed by atoms with Gasteiger partial charge in [0.15, 0.2) is 0 Å². The third-order valence-corrected chi connectivity index (χ3v) is 2.53. The third kappa shape index (κ3) is 4.48. The summed E-state index contributed by atoms with van der Waals surface area (Å²) in [4.78, 5) is 15.0. The highest BCUT2D eigenvalue weighted by molar-refractivity contribution is 5.83. The number of alkyl halides is 3. The smallest absolute Gasteiger partial charge is 0.417 e. The van der Waals surface area contributed by atoms with E-state index in [1.807, 2.05) is 6.07 Å². The summed E-state index contributed by atoms with van der Waals surface area (Å²) in [5.74, 6) is -0.0129. The molecule has 0 saturated heterocycles. The molecule has 0 radical (unpaired) electrons. The van der Waals surface area contributed by atoms with Crippen LogP contribution in [0.2, 0.25) is 0 Å². The lowest BCUT2D eigenvalue weighted by Crippen LogP contribution is -2.15. The predicted molar refractivity (Wildman–Crippen MR) is 69.5 cm³/mol. The zero-order chi connectivity index (χ0) is 15.3. The molecule has 0 fully saturated rings. The molecule has 1 heterocycles. The second-order valence-corrected chi connectivity index (χ2v) is 4.12. The van der Waals surface area contributed by atoms with Crippen molar-refractivity contribution in [2.45, 2.75) is 12.8 Å². The average Bonchev–Trinajstić information content (AvgIpc) is 2.46. The monoisotopic (exact) mass is 296 g/mol. The van der Waals surface area contributed by atoms with Gasteiger partial charge in [-0.15, -0.1) is 0 Å². The van der Waals surface area contributed by atoms with Gasteiger partial charge in [-0.1, -0.05) is 30.3 Å². The number of hydrogen-bond acceptors (Lipinski definition) is 3. The van der Waals surface area contributed by atoms with Gasteiger partial charge in [-0.25, -0.2) is 9.78 Å². The van der Waals surface area contributed by atoms with Crippen LogP contribution in [0.3, 0.4) is 0 Å². The normalized spacial score (nSPS) is 11.0. The number of benzene rings is 1. The molecule has 1 aromatic carbocycles. The number of carbonyl (C=O) groups is 1. The van der Waals surface area contributed by atoms with Crippen LogP contribution in [0.25, 0.3) is 0 Å². The lowest BCUT2D eigenvalue weighted by Gasteiger charge is -2.08. The van der Waals surface area contributed by atoms with Crippen LogP contribution in [0.15, 0.2) is 48.7 Å². The van der Waals surface area contributed by atoms with Crippen LogP contribution in [-0.2, 0) is 17.5 Å². The Bertz CT molecular complexity index is 598. The average molecular weight is 296 g/mol. The summed E-state index contributed by atoms with van der Waals surface area (Å²) in [5, 5.41) is 2.25. The van der Waals surface area contributed by atoms with Crippen LogP contribution in [0.1, 0.15) is 11.1 Å². The number of aromatic nitrogens is 1. The number of pyridine rings is 1. The quantitative estimate of drug-likeness (QED) is 0.936. The number of nitrogens with one attached hydrogen (secondary N) is 1. The number of carbonyl (C=O) groups excluding carboxylic acids is 1. The Kier molecular flexibility index (Phi) is 4.42. The fourth-order valence-corrected chi connectivity index (χ4v) is 1.50. The molecular formula is C14H11F3N2O2. The first-order valence-corrected chi connectivity index (χ1v) is 5.96. The number of nitrogens with zero attached hydrogens (tertiary/aromatic N) is 1. The highest BCUT2D eigenvalue weighted by Gasteiger charge is 2.30. The number of hydrogen-bond donors (Lipinski definition) is 1. The van der Waals surface area contributed by atoms with E-state index in [0.717, 1.165) is 17.7 Å². The Balaban J connectivity index is 1.88. The van der Waals surface area contributed by atoms with Gasteiger partial charge in [0, 0.05) is 6.20 Å². The summed E-state index contributed by atoms with van der Waals surface area (Å²) >= 11 is 0. The van der Waals surface area contributed by atoms with Crippen molar-refractivity contribution < 1.29 is 22.7 Å². The van der Waals surface area contributed by atoms with E-state index in [1.165, 1.54) is 0 Å². The van der Waals surface area contributed by atoms with Gasteiger partial charge in [-0.2, -0.15) is 13.2 Å². The second kappa shape index (κ2) is 6.25. The summed E-state index contributed by atoms with van der Waals surface area (Å²) in [6, 6.07) is 10.9. The molecule has 1 aromatic heterocycles. The minimum Gasteiger partial charge on any atom is -0.444 e. The molecule has 1 N–H and O–H groups in total. The fraction of sp³-hybridized carbons (Fsp3) is 0.143. The Morgan fingerprint density at radius 2 is 1.86 bits per heavy atom. The van der Waals surface area contributed by atoms with Crippen LogP contribution >= 0.6 is 0 Å². The van der Waals surface area contributed by atoms with Gasteiger partial charge in [0.25, 0.3) is 0 Å². The van der Waals surface area contributed by atoms with Crippen molar-refractivity contribution in [1.82, 2.24) is 4.98 Å². The predicted octanol–water partition coefficient (Wildman–Crippen LogP) is 3.85. The maximum absolute atomic E-state index is 12.3. The molecule has 0 bridgehead atoms. The molecule has 0 aliphatic rings. The van der Waals surface area contributed by atoms with Gasteiger partial charge >= 0.3 is 12.3 Å². The van der Waals surface area contributed by atoms with Crippen LogP contribution in [0, 0.1) is 0 Å². The van der Waals surface area contributed by atoms with Crippen molar-refractivity contribution in [3.05, 3.63) is 59.8 Å². The lowest BCUT2D eigenvalue weighted by atomic mass is 10.2. The maximum atomic E-state index is 12.3. The summed E-state index contributed by atoms with van der Waals surface area (Å²) in [5.41, 5.74) is -0.0845. The maximum Gasteiger partial charge on any atom is 0.417 e. The molecule has 1 amide bonds. The highest BCUT2D eigenvalue weighted by atomic mass is 19.4. The Morgan fingerprint density at radius 1 is 1.14 bits per heavy atom. The molecule has 7 heteroatoms. The lowest BCUT2D eigenvalue weighted by molar-refractivity contribution is -0.137. The fourth-order valence-electron chi connectivity index (χ4n) is 1.50. The Morgan fingerprint density at radius 3 is 2.43 bits per heavy atom. The zero-order valence-electron chi connectivity index (χ0n) is 10.7. The molecule has 0 aliphatic heterocycles. The first kappa shape index (κ1) is 14.8. The summed E-state index contributed by atoms with van der Waals surface area (Å²) in [6.45, 7) is 0.0628. The Hall–Kier alpha value is -2.57. The van der Waals surface area contributed by atoms with Crippen LogP contribution < -0.4 is 5.32 Å². The van der Waals surface area contributed by atoms with E-state index in [1.54, 1.807) is 24.3 Å². The number of ether oxygens (including phenoxy) is 1. The molecule has 0 saturated carbocycles. The third-order valence-electron chi connectivity index (χ3n) is 2.53. The molecule has 110 valence electrons. The van der Waals surface area contributed by atoms with Crippen molar-refractivity contribution in [3.63, 3.8) is 0 Å². The first-order valence-electron chi connectivity index (χ1n) is 5.96. The van der Waals surface area contributed by atoms with Crippen molar-refractivity contribution in [3.8, 4) is 0 Å². The largest absolute Gasteiger partial charge is 0.444 e. The van der Waals surface area contributed by atoms with Gasteiger partial charge in [0.2, 0.25) is 0 Å². The molecule has 0 atom stereocenters. The molecular weight excluding hydrogens is 285 g/mol. The molecule has 2 rings (SSSR count). The summed E-state index contributed by atoms with van der Waals surface area (Å²) in [7, 11) is 0. The number of anilines is 1. The van der Waals surface area contributed by atoms with Gasteiger partial charge in [0.05, 0.1) is 5.56 Å². The molecule has 0 aliphatic carbocycles. The van der Waals surface area contributed by atoms with E-state index >= 15 is 0 Å². The van der Waals surface area contributed by atoms with Gasteiger partial charge in [0.1, 0.15) is 12.4 Å². The van der Waals surface area contributed by atoms with Crippen LogP contribution in [0.4, 0.5) is 23.8 Å². The van der Waals surface area contributed by atoms with Gasteiger partial charge in [-0.05, 0) is 17.7 Å². The summed E-state index contributed by atoms with van der Waals surface area (Å²) in [6.07, 6.45) is -4.60. The van der Waals surface area contributed by atoms with Crippen molar-refractivity contribution in [1.29, 1.82) is 0 Å². The molecule has 21 heavy (non-hydrogen) atoms.